The van der Waals surface area contributed by atoms with Crippen LogP contribution in [-0.2, 0) is 9.59 Å². The molecule has 0 aliphatic heterocycles. The number of hydrogen-bond acceptors (Lipinski definition) is 4. The van der Waals surface area contributed by atoms with Gasteiger partial charge in [-0.05, 0) is 0 Å². The van der Waals surface area contributed by atoms with Crippen LogP contribution in [0.15, 0.2) is 0 Å². The summed E-state index contributed by atoms with van der Waals surface area (Å²) in [5, 5.41) is 17.7. The Morgan fingerprint density at radius 1 is 1.60 bits per heavy atom. The zero-order valence-corrected chi connectivity index (χ0v) is 5.53. The predicted octanol–water partition coefficient (Wildman–Crippen LogP) is -5.46. The maximum Gasteiger partial charge on any atom is 1.00 e. The molecular formula is C4H6LiNO4. The molecule has 0 fully saturated rings. The quantitative estimate of drug-likeness (QED) is 0.379. The Balaban J connectivity index is 0. The molecule has 1 atom stereocenters. The summed E-state index contributed by atoms with van der Waals surface area (Å²) < 4.78 is 0. The van der Waals surface area contributed by atoms with Gasteiger partial charge in [0.1, 0.15) is 0 Å². The largest absolute Gasteiger partial charge is 1.00 e. The van der Waals surface area contributed by atoms with E-state index < -0.39 is 24.4 Å². The third kappa shape index (κ3) is 5.63. The molecule has 3 N–H and O–H groups in total. The molecule has 10 heavy (non-hydrogen) atoms. The van der Waals surface area contributed by atoms with Crippen molar-refractivity contribution in [2.75, 3.05) is 0 Å². The first-order valence-electron chi connectivity index (χ1n) is 2.22. The number of rotatable bonds is 3. The van der Waals surface area contributed by atoms with Crippen molar-refractivity contribution in [1.82, 2.24) is 0 Å². The van der Waals surface area contributed by atoms with Crippen molar-refractivity contribution < 1.29 is 38.7 Å². The van der Waals surface area contributed by atoms with Gasteiger partial charge in [-0.2, -0.15) is 0 Å². The molecule has 0 rings (SSSR count). The molecule has 0 aliphatic rings. The first-order valence-corrected chi connectivity index (χ1v) is 2.22. The Hall–Kier alpha value is -0.503. The molecule has 0 aromatic rings. The summed E-state index contributed by atoms with van der Waals surface area (Å²) >= 11 is 0. The molecule has 0 bridgehead atoms. The number of nitrogens with two attached hydrogens (primary N) is 1. The smallest absolute Gasteiger partial charge is 0.548 e. The van der Waals surface area contributed by atoms with E-state index in [-0.39, 0.29) is 18.9 Å². The van der Waals surface area contributed by atoms with E-state index in [0.717, 1.165) is 0 Å². The summed E-state index contributed by atoms with van der Waals surface area (Å²) in [4.78, 5) is 19.5. The molecule has 6 heteroatoms. The number of carbonyl (C=O) groups is 2. The van der Waals surface area contributed by atoms with Crippen LogP contribution >= 0.6 is 0 Å². The van der Waals surface area contributed by atoms with Crippen molar-refractivity contribution in [3.63, 3.8) is 0 Å². The van der Waals surface area contributed by atoms with Crippen LogP contribution in [0, 0.1) is 0 Å². The van der Waals surface area contributed by atoms with E-state index in [1.807, 2.05) is 0 Å². The van der Waals surface area contributed by atoms with E-state index in [1.54, 1.807) is 0 Å². The Morgan fingerprint density at radius 3 is 2.10 bits per heavy atom. The molecule has 0 amide bonds. The van der Waals surface area contributed by atoms with Crippen molar-refractivity contribution in [3.05, 3.63) is 0 Å². The van der Waals surface area contributed by atoms with Crippen molar-refractivity contribution in [1.29, 1.82) is 0 Å². The van der Waals surface area contributed by atoms with Crippen LogP contribution in [0.1, 0.15) is 6.42 Å². The van der Waals surface area contributed by atoms with Crippen molar-refractivity contribution in [2.24, 2.45) is 5.73 Å². The maximum atomic E-state index is 9.74. The third-order valence-electron chi connectivity index (χ3n) is 0.697. The zero-order chi connectivity index (χ0) is 7.44. The fourth-order valence-corrected chi connectivity index (χ4v) is 0.271. The maximum absolute atomic E-state index is 9.74. The Morgan fingerprint density at radius 2 is 2.00 bits per heavy atom. The number of hydrogen-bond donors (Lipinski definition) is 2. The molecule has 0 unspecified atom stereocenters. The summed E-state index contributed by atoms with van der Waals surface area (Å²) in [6.07, 6.45) is -0.595. The first-order chi connectivity index (χ1) is 4.04. The molecule has 0 aromatic carbocycles. The predicted molar refractivity (Wildman–Crippen MR) is 25.2 cm³/mol. The normalized spacial score (nSPS) is 11.3. The minimum Gasteiger partial charge on any atom is -0.548 e. The molecule has 52 valence electrons. The standard InChI is InChI=1S/C4H7NO4.Li/c5-2(4(8)9)1-3(6)7;/h2H,1,5H2,(H,6,7)(H,8,9);/q;+1/p-1/t2-;/m1./s1. The van der Waals surface area contributed by atoms with Gasteiger partial charge in [0.25, 0.3) is 0 Å². The van der Waals surface area contributed by atoms with Crippen molar-refractivity contribution in [2.45, 2.75) is 12.5 Å². The fraction of sp³-hybridized carbons (Fsp3) is 0.500. The van der Waals surface area contributed by atoms with Crippen molar-refractivity contribution >= 4 is 11.9 Å². The molecule has 0 saturated heterocycles. The average Bonchev–Trinajstić information content (AvgIpc) is 1.63. The van der Waals surface area contributed by atoms with Gasteiger partial charge in [-0.25, -0.2) is 0 Å². The van der Waals surface area contributed by atoms with Crippen LogP contribution < -0.4 is 29.7 Å². The Labute approximate surface area is 69.4 Å². The van der Waals surface area contributed by atoms with E-state index >= 15 is 0 Å². The van der Waals surface area contributed by atoms with Crippen LogP contribution in [-0.4, -0.2) is 23.1 Å². The second kappa shape index (κ2) is 5.30. The van der Waals surface area contributed by atoms with Gasteiger partial charge in [0.15, 0.2) is 0 Å². The fourth-order valence-electron chi connectivity index (χ4n) is 0.271. The molecule has 0 spiro atoms. The minimum atomic E-state index is -1.54. The van der Waals surface area contributed by atoms with E-state index in [4.69, 9.17) is 10.8 Å². The molecule has 5 nitrogen and oxygen atoms in total. The molecule has 0 aromatic heterocycles. The van der Waals surface area contributed by atoms with Crippen molar-refractivity contribution in [3.8, 4) is 0 Å². The zero-order valence-electron chi connectivity index (χ0n) is 5.53. The van der Waals surface area contributed by atoms with E-state index in [1.165, 1.54) is 0 Å². The summed E-state index contributed by atoms with van der Waals surface area (Å²) in [5.74, 6) is -2.79. The van der Waals surface area contributed by atoms with E-state index in [9.17, 15) is 14.7 Å². The van der Waals surface area contributed by atoms with Crippen LogP contribution in [0.4, 0.5) is 0 Å². The summed E-state index contributed by atoms with van der Waals surface area (Å²) in [7, 11) is 0. The number of aliphatic carboxylic acids is 2. The molecule has 0 aliphatic carbocycles. The van der Waals surface area contributed by atoms with Crippen LogP contribution in [0.3, 0.4) is 0 Å². The van der Waals surface area contributed by atoms with Gasteiger partial charge in [-0.15, -0.1) is 0 Å². The Kier molecular flexibility index (Phi) is 6.46. The molecule has 0 radical (unpaired) electrons. The molecule has 0 heterocycles. The van der Waals surface area contributed by atoms with E-state index in [2.05, 4.69) is 0 Å². The van der Waals surface area contributed by atoms with Gasteiger partial charge in [0, 0.05) is 0 Å². The second-order valence-electron chi connectivity index (χ2n) is 1.52. The van der Waals surface area contributed by atoms with Crippen LogP contribution in [0.25, 0.3) is 0 Å². The second-order valence-corrected chi connectivity index (χ2v) is 1.52. The monoisotopic (exact) mass is 139 g/mol. The van der Waals surface area contributed by atoms with Gasteiger partial charge in [0.2, 0.25) is 0 Å². The van der Waals surface area contributed by atoms with Gasteiger partial charge in [-0.1, -0.05) is 0 Å². The number of carboxylic acid groups (broad SMARTS) is 2. The van der Waals surface area contributed by atoms with E-state index in [0.29, 0.717) is 0 Å². The Bertz CT molecular complexity index is 137. The van der Waals surface area contributed by atoms with Gasteiger partial charge in [-0.3, -0.25) is 4.79 Å². The number of carbonyl (C=O) groups excluding carboxylic acids is 1. The average molecular weight is 139 g/mol. The van der Waals surface area contributed by atoms with Gasteiger partial charge < -0.3 is 20.7 Å². The SMILES string of the molecule is N[C@H](CC(=O)O)C(=O)[O-].[Li+]. The first kappa shape index (κ1) is 12.2. The van der Waals surface area contributed by atoms with Crippen LogP contribution in [0.5, 0.6) is 0 Å². The van der Waals surface area contributed by atoms with Crippen LogP contribution in [0.2, 0.25) is 0 Å². The van der Waals surface area contributed by atoms with Gasteiger partial charge >= 0.3 is 24.8 Å². The topological polar surface area (TPSA) is 103 Å². The summed E-state index contributed by atoms with van der Waals surface area (Å²) in [6, 6.07) is -1.40. The summed E-state index contributed by atoms with van der Waals surface area (Å²) in [6.45, 7) is 0. The molecule has 0 saturated carbocycles. The number of carboxylic acids is 2. The summed E-state index contributed by atoms with van der Waals surface area (Å²) in [5.41, 5.74) is 4.77. The van der Waals surface area contributed by atoms with Gasteiger partial charge in [0.05, 0.1) is 18.4 Å². The third-order valence-corrected chi connectivity index (χ3v) is 0.697. The molecular weight excluding hydrogens is 133 g/mol. The minimum absolute atomic E-state index is 0.